The number of carbonyl (C=O) groups excluding carboxylic acids is 1. The highest BCUT2D eigenvalue weighted by Gasteiger charge is 2.24. The number of nitrogens with zero attached hydrogens (tertiary/aromatic N) is 4. The monoisotopic (exact) mass is 468 g/mol. The van der Waals surface area contributed by atoms with Crippen LogP contribution < -0.4 is 14.4 Å². The first kappa shape index (κ1) is 23.1. The Morgan fingerprint density at radius 1 is 1.09 bits per heavy atom. The fourth-order valence-corrected chi connectivity index (χ4v) is 4.62. The molecular weight excluding hydrogens is 440 g/mol. The van der Waals surface area contributed by atoms with Crippen LogP contribution in [0.15, 0.2) is 47.6 Å². The first-order valence-corrected chi connectivity index (χ1v) is 11.9. The molecule has 0 aliphatic carbocycles. The van der Waals surface area contributed by atoms with Gasteiger partial charge in [0.15, 0.2) is 10.9 Å². The van der Waals surface area contributed by atoms with Gasteiger partial charge in [0, 0.05) is 19.2 Å². The van der Waals surface area contributed by atoms with Gasteiger partial charge in [0.2, 0.25) is 5.95 Å². The molecule has 1 aliphatic heterocycles. The first-order valence-electron chi connectivity index (χ1n) is 10.9. The molecular formula is C24H28N4O4S. The van der Waals surface area contributed by atoms with Crippen molar-refractivity contribution in [3.63, 3.8) is 0 Å². The van der Waals surface area contributed by atoms with E-state index >= 15 is 0 Å². The van der Waals surface area contributed by atoms with Crippen LogP contribution in [0.3, 0.4) is 0 Å². The van der Waals surface area contributed by atoms with Gasteiger partial charge in [-0.15, -0.1) is 10.2 Å². The molecule has 1 fully saturated rings. The number of aryl methyl sites for hydroxylation is 1. The molecule has 33 heavy (non-hydrogen) atoms. The van der Waals surface area contributed by atoms with Gasteiger partial charge in [0.1, 0.15) is 11.5 Å². The minimum Gasteiger partial charge on any atom is -0.497 e. The van der Waals surface area contributed by atoms with Crippen LogP contribution in [0.1, 0.15) is 22.8 Å². The standard InChI is InChI=1S/C24H28N4O4S/c1-4-17-7-5-6-8-20(17)28-23(27-11-13-32-14-12-27)25-26-24(28)33-16-21(29)19-10-9-18(30-2)15-22(19)31-3/h5-10,15H,4,11-14,16H2,1-3H3. The van der Waals surface area contributed by atoms with Crippen LogP contribution in [-0.4, -0.2) is 66.8 Å². The molecule has 0 saturated carbocycles. The number of hydrogen-bond acceptors (Lipinski definition) is 8. The number of thioether (sulfide) groups is 1. The van der Waals surface area contributed by atoms with E-state index in [1.807, 2.05) is 12.1 Å². The van der Waals surface area contributed by atoms with Gasteiger partial charge in [-0.1, -0.05) is 36.9 Å². The van der Waals surface area contributed by atoms with E-state index < -0.39 is 0 Å². The fraction of sp³-hybridized carbons (Fsp3) is 0.375. The van der Waals surface area contributed by atoms with Crippen molar-refractivity contribution in [1.82, 2.24) is 14.8 Å². The molecule has 2 heterocycles. The van der Waals surface area contributed by atoms with Gasteiger partial charge in [-0.2, -0.15) is 0 Å². The molecule has 2 aromatic carbocycles. The second-order valence-electron chi connectivity index (χ2n) is 7.48. The van der Waals surface area contributed by atoms with Crippen molar-refractivity contribution in [3.05, 3.63) is 53.6 Å². The van der Waals surface area contributed by atoms with E-state index in [4.69, 9.17) is 14.2 Å². The molecule has 0 amide bonds. The maximum atomic E-state index is 13.1. The number of para-hydroxylation sites is 1. The van der Waals surface area contributed by atoms with Gasteiger partial charge in [-0.3, -0.25) is 9.36 Å². The molecule has 0 unspecified atom stereocenters. The van der Waals surface area contributed by atoms with Crippen LogP contribution >= 0.6 is 11.8 Å². The lowest BCUT2D eigenvalue weighted by Crippen LogP contribution is -2.38. The largest absolute Gasteiger partial charge is 0.497 e. The Hall–Kier alpha value is -3.04. The van der Waals surface area contributed by atoms with E-state index in [9.17, 15) is 4.79 Å². The molecule has 1 aliphatic rings. The maximum Gasteiger partial charge on any atom is 0.232 e. The number of aromatic nitrogens is 3. The fourth-order valence-electron chi connectivity index (χ4n) is 3.80. The number of hydrogen-bond donors (Lipinski definition) is 0. The maximum absolute atomic E-state index is 13.1. The van der Waals surface area contributed by atoms with Gasteiger partial charge in [-0.25, -0.2) is 0 Å². The number of anilines is 1. The highest BCUT2D eigenvalue weighted by atomic mass is 32.2. The number of benzene rings is 2. The van der Waals surface area contributed by atoms with Gasteiger partial charge < -0.3 is 19.1 Å². The van der Waals surface area contributed by atoms with E-state index in [0.717, 1.165) is 31.1 Å². The third-order valence-electron chi connectivity index (χ3n) is 5.57. The summed E-state index contributed by atoms with van der Waals surface area (Å²) in [5, 5.41) is 9.66. The summed E-state index contributed by atoms with van der Waals surface area (Å²) >= 11 is 1.37. The van der Waals surface area contributed by atoms with Crippen LogP contribution in [0.25, 0.3) is 5.69 Å². The zero-order valence-corrected chi connectivity index (χ0v) is 19.9. The van der Waals surface area contributed by atoms with Gasteiger partial charge in [-0.05, 0) is 30.2 Å². The van der Waals surface area contributed by atoms with E-state index in [0.29, 0.717) is 35.4 Å². The molecule has 174 valence electrons. The molecule has 0 spiro atoms. The average molecular weight is 469 g/mol. The quantitative estimate of drug-likeness (QED) is 0.348. The number of ketones is 1. The number of methoxy groups -OCH3 is 2. The molecule has 1 aromatic heterocycles. The van der Waals surface area contributed by atoms with Crippen molar-refractivity contribution in [3.8, 4) is 17.2 Å². The van der Waals surface area contributed by atoms with Crippen molar-refractivity contribution >= 4 is 23.5 Å². The molecule has 0 radical (unpaired) electrons. The van der Waals surface area contributed by atoms with E-state index in [1.165, 1.54) is 17.3 Å². The number of Topliss-reactive ketones (excluding diaryl/α,β-unsaturated/α-hetero) is 1. The second-order valence-corrected chi connectivity index (χ2v) is 8.42. The molecule has 8 nitrogen and oxygen atoms in total. The summed E-state index contributed by atoms with van der Waals surface area (Å²) in [6, 6.07) is 13.4. The summed E-state index contributed by atoms with van der Waals surface area (Å²) in [5.74, 6) is 2.06. The summed E-state index contributed by atoms with van der Waals surface area (Å²) in [5.41, 5.74) is 2.74. The molecule has 0 N–H and O–H groups in total. The number of ether oxygens (including phenoxy) is 3. The predicted molar refractivity (Wildman–Crippen MR) is 128 cm³/mol. The third kappa shape index (κ3) is 4.99. The van der Waals surface area contributed by atoms with Crippen LogP contribution in [0.5, 0.6) is 11.5 Å². The highest BCUT2D eigenvalue weighted by molar-refractivity contribution is 7.99. The molecule has 9 heteroatoms. The Labute approximate surface area is 197 Å². The zero-order valence-electron chi connectivity index (χ0n) is 19.1. The minimum atomic E-state index is -0.0502. The average Bonchev–Trinajstić information content (AvgIpc) is 3.31. The van der Waals surface area contributed by atoms with E-state index in [2.05, 4.69) is 38.7 Å². The van der Waals surface area contributed by atoms with Crippen LogP contribution in [0.2, 0.25) is 0 Å². The van der Waals surface area contributed by atoms with Crippen molar-refractivity contribution < 1.29 is 19.0 Å². The van der Waals surface area contributed by atoms with Crippen molar-refractivity contribution in [2.75, 3.05) is 51.2 Å². The van der Waals surface area contributed by atoms with Crippen molar-refractivity contribution in [1.29, 1.82) is 0 Å². The number of morpholine rings is 1. The Morgan fingerprint density at radius 3 is 2.61 bits per heavy atom. The SMILES string of the molecule is CCc1ccccc1-n1c(SCC(=O)c2ccc(OC)cc2OC)nnc1N1CCOCC1. The first-order chi connectivity index (χ1) is 16.2. The van der Waals surface area contributed by atoms with Crippen LogP contribution in [-0.2, 0) is 11.2 Å². The summed E-state index contributed by atoms with van der Waals surface area (Å²) in [7, 11) is 3.13. The van der Waals surface area contributed by atoms with E-state index in [1.54, 1.807) is 32.4 Å². The molecule has 4 rings (SSSR count). The number of carbonyl (C=O) groups is 1. The highest BCUT2D eigenvalue weighted by Crippen LogP contribution is 2.31. The van der Waals surface area contributed by atoms with Gasteiger partial charge in [0.05, 0.1) is 44.4 Å². The molecule has 1 saturated heterocycles. The van der Waals surface area contributed by atoms with Gasteiger partial charge >= 0.3 is 0 Å². The van der Waals surface area contributed by atoms with E-state index in [-0.39, 0.29) is 11.5 Å². The van der Waals surface area contributed by atoms with Crippen LogP contribution in [0, 0.1) is 0 Å². The van der Waals surface area contributed by atoms with Gasteiger partial charge in [0.25, 0.3) is 0 Å². The molecule has 3 aromatic rings. The summed E-state index contributed by atoms with van der Waals surface area (Å²) in [6.45, 7) is 4.93. The smallest absolute Gasteiger partial charge is 0.232 e. The van der Waals surface area contributed by atoms with Crippen molar-refractivity contribution in [2.24, 2.45) is 0 Å². The Balaban J connectivity index is 1.64. The summed E-state index contributed by atoms with van der Waals surface area (Å²) in [4.78, 5) is 15.2. The van der Waals surface area contributed by atoms with Crippen molar-refractivity contribution in [2.45, 2.75) is 18.5 Å². The summed E-state index contributed by atoms with van der Waals surface area (Å²) < 4.78 is 18.2. The lowest BCUT2D eigenvalue weighted by Gasteiger charge is -2.28. The summed E-state index contributed by atoms with van der Waals surface area (Å²) in [6.07, 6.45) is 0.878. The molecule has 0 bridgehead atoms. The minimum absolute atomic E-state index is 0.0502. The Morgan fingerprint density at radius 2 is 1.88 bits per heavy atom. The molecule has 0 atom stereocenters. The normalized spacial score (nSPS) is 13.7. The third-order valence-corrected chi connectivity index (χ3v) is 6.49. The predicted octanol–water partition coefficient (Wildman–Crippen LogP) is 3.66. The Kier molecular flexibility index (Phi) is 7.51. The topological polar surface area (TPSA) is 78.7 Å². The number of rotatable bonds is 9. The van der Waals surface area contributed by atoms with Crippen LogP contribution in [0.4, 0.5) is 5.95 Å². The Bertz CT molecular complexity index is 1110. The second kappa shape index (κ2) is 10.7. The lowest BCUT2D eigenvalue weighted by molar-refractivity contribution is 0.101. The lowest BCUT2D eigenvalue weighted by atomic mass is 10.1. The zero-order chi connectivity index (χ0) is 23.2.